The van der Waals surface area contributed by atoms with Crippen molar-refractivity contribution in [2.45, 2.75) is 40.2 Å². The number of thiocarbonyl (C=S) groups is 1. The first-order chi connectivity index (χ1) is 16.6. The van der Waals surface area contributed by atoms with Gasteiger partial charge in [0.15, 0.2) is 0 Å². The second kappa shape index (κ2) is 9.80. The molecule has 1 amide bonds. The van der Waals surface area contributed by atoms with Crippen LogP contribution in [-0.4, -0.2) is 28.9 Å². The number of rotatable bonds is 4. The Bertz CT molecular complexity index is 1320. The van der Waals surface area contributed by atoms with Gasteiger partial charge in [-0.2, -0.15) is 0 Å². The molecule has 0 aromatic heterocycles. The summed E-state index contributed by atoms with van der Waals surface area (Å²) in [5.74, 6) is -0.544. The average molecular weight is 522 g/mol. The molecular formula is C28H27NO3S3. The van der Waals surface area contributed by atoms with Gasteiger partial charge in [-0.05, 0) is 69.5 Å². The van der Waals surface area contributed by atoms with Gasteiger partial charge in [0.1, 0.15) is 4.91 Å². The molecule has 0 spiro atoms. The monoisotopic (exact) mass is 521 g/mol. The molecule has 0 N–H and O–H groups in total. The van der Waals surface area contributed by atoms with E-state index in [1.54, 1.807) is 11.8 Å². The van der Waals surface area contributed by atoms with Crippen LogP contribution in [0, 0.1) is 13.8 Å². The van der Waals surface area contributed by atoms with E-state index in [0.29, 0.717) is 16.4 Å². The van der Waals surface area contributed by atoms with Gasteiger partial charge in [0.25, 0.3) is 5.91 Å². The molecule has 0 bridgehead atoms. The lowest BCUT2D eigenvalue weighted by atomic mass is 9.82. The minimum atomic E-state index is -0.766. The van der Waals surface area contributed by atoms with E-state index in [1.807, 2.05) is 64.1 Å². The number of hydrogen-bond donors (Lipinski definition) is 0. The lowest BCUT2D eigenvalue weighted by molar-refractivity contribution is -0.137. The van der Waals surface area contributed by atoms with E-state index in [0.717, 1.165) is 42.7 Å². The summed E-state index contributed by atoms with van der Waals surface area (Å²) in [5, 5.41) is 0. The van der Waals surface area contributed by atoms with Crippen LogP contribution in [0.1, 0.15) is 43.0 Å². The van der Waals surface area contributed by atoms with E-state index in [1.165, 1.54) is 29.6 Å². The highest BCUT2D eigenvalue weighted by molar-refractivity contribution is 8.32. The van der Waals surface area contributed by atoms with Crippen LogP contribution in [0.15, 0.2) is 64.3 Å². The third-order valence-electron chi connectivity index (χ3n) is 6.16. The number of nitrogens with zero attached hydrogens (tertiary/aromatic N) is 1. The number of benzene rings is 2. The molecule has 35 heavy (non-hydrogen) atoms. The zero-order chi connectivity index (χ0) is 25.5. The van der Waals surface area contributed by atoms with Crippen LogP contribution >= 0.6 is 35.7 Å². The fourth-order valence-electron chi connectivity index (χ4n) is 4.22. The Morgan fingerprint density at radius 2 is 1.77 bits per heavy atom. The van der Waals surface area contributed by atoms with Crippen LogP contribution in [0.3, 0.4) is 0 Å². The molecule has 0 unspecified atom stereocenters. The second-order valence-electron chi connectivity index (χ2n) is 8.83. The predicted octanol–water partition coefficient (Wildman–Crippen LogP) is 7.07. The Morgan fingerprint density at radius 3 is 2.40 bits per heavy atom. The number of carbonyl (C=O) groups is 2. The number of ether oxygens (including phenoxy) is 1. The van der Waals surface area contributed by atoms with Gasteiger partial charge < -0.3 is 4.74 Å². The minimum Gasteiger partial charge on any atom is -0.462 e. The third-order valence-corrected chi connectivity index (χ3v) is 9.49. The summed E-state index contributed by atoms with van der Waals surface area (Å²) < 4.78 is 6.31. The molecule has 4 nitrogen and oxygen atoms in total. The van der Waals surface area contributed by atoms with E-state index in [2.05, 4.69) is 12.6 Å². The molecule has 0 aliphatic carbocycles. The molecule has 180 valence electrons. The van der Waals surface area contributed by atoms with Crippen molar-refractivity contribution in [1.29, 1.82) is 0 Å². The van der Waals surface area contributed by atoms with Crippen molar-refractivity contribution in [3.05, 3.63) is 86.5 Å². The normalized spacial score (nSPS) is 19.0. The van der Waals surface area contributed by atoms with Crippen molar-refractivity contribution >= 4 is 68.6 Å². The van der Waals surface area contributed by atoms with Crippen molar-refractivity contribution in [3.63, 3.8) is 0 Å². The first kappa shape index (κ1) is 25.5. The van der Waals surface area contributed by atoms with Gasteiger partial charge in [0.05, 0.1) is 26.9 Å². The maximum atomic E-state index is 13.0. The van der Waals surface area contributed by atoms with Gasteiger partial charge in [-0.1, -0.05) is 72.7 Å². The summed E-state index contributed by atoms with van der Waals surface area (Å²) >= 11 is 8.99. The van der Waals surface area contributed by atoms with E-state index in [-0.39, 0.29) is 11.9 Å². The topological polar surface area (TPSA) is 46.6 Å². The van der Waals surface area contributed by atoms with Gasteiger partial charge in [0.2, 0.25) is 0 Å². The van der Waals surface area contributed by atoms with Gasteiger partial charge in [-0.15, -0.1) is 0 Å². The van der Waals surface area contributed by atoms with Crippen LogP contribution in [-0.2, 0) is 14.3 Å². The summed E-state index contributed by atoms with van der Waals surface area (Å²) in [6.45, 7) is 13.8. The Labute approximate surface area is 220 Å². The molecule has 2 heterocycles. The zero-order valence-electron chi connectivity index (χ0n) is 20.4. The smallest absolute Gasteiger partial charge is 0.346 e. The molecule has 0 radical (unpaired) electrons. The first-order valence-corrected chi connectivity index (χ1v) is 13.4. The van der Waals surface area contributed by atoms with Gasteiger partial charge >= 0.3 is 5.97 Å². The molecule has 0 saturated heterocycles. The van der Waals surface area contributed by atoms with Crippen molar-refractivity contribution in [2.24, 2.45) is 0 Å². The van der Waals surface area contributed by atoms with E-state index < -0.39 is 5.54 Å². The number of hydrogen-bond acceptors (Lipinski definition) is 6. The van der Waals surface area contributed by atoms with Crippen LogP contribution in [0.25, 0.3) is 10.5 Å². The Hall–Kier alpha value is -2.61. The molecule has 0 atom stereocenters. The van der Waals surface area contributed by atoms with Crippen LogP contribution in [0.5, 0.6) is 0 Å². The molecule has 4 rings (SSSR count). The van der Waals surface area contributed by atoms with E-state index in [9.17, 15) is 9.59 Å². The molecule has 2 aromatic rings. The molecule has 2 aliphatic rings. The highest BCUT2D eigenvalue weighted by Gasteiger charge is 2.45. The summed E-state index contributed by atoms with van der Waals surface area (Å²) in [6.07, 6.45) is 1.33. The number of thioether (sulfide) groups is 2. The maximum Gasteiger partial charge on any atom is 0.346 e. The van der Waals surface area contributed by atoms with Crippen molar-refractivity contribution in [1.82, 2.24) is 0 Å². The number of fused-ring (bicyclic) bond motifs is 1. The average Bonchev–Trinajstić information content (AvgIpc) is 3.27. The lowest BCUT2D eigenvalue weighted by Crippen LogP contribution is -2.55. The molecule has 0 saturated carbocycles. The quantitative estimate of drug-likeness (QED) is 0.244. The fourth-order valence-corrected chi connectivity index (χ4v) is 7.35. The molecule has 2 aliphatic heterocycles. The number of esters is 1. The second-order valence-corrected chi connectivity index (χ2v) is 11.5. The maximum absolute atomic E-state index is 13.0. The standard InChI is InChI=1S/C28H27NO3S3/c1-7-21(30)29-20-15-17(4)16(3)14-19(20)22(25(33)28(29,5)6)27-34-23(18-12-10-9-11-13-18)24(35-27)26(31)32-8-2/h7,9-15H,1,8H2,2-6H3/b27-22-. The number of amides is 1. The Balaban J connectivity index is 1.96. The molecule has 7 heteroatoms. The van der Waals surface area contributed by atoms with Crippen LogP contribution in [0.4, 0.5) is 5.69 Å². The third kappa shape index (κ3) is 4.41. The van der Waals surface area contributed by atoms with Crippen molar-refractivity contribution in [2.75, 3.05) is 11.5 Å². The molecular weight excluding hydrogens is 495 g/mol. The summed E-state index contributed by atoms with van der Waals surface area (Å²) in [7, 11) is 0. The van der Waals surface area contributed by atoms with E-state index >= 15 is 0 Å². The number of anilines is 1. The van der Waals surface area contributed by atoms with Gasteiger partial charge in [-0.3, -0.25) is 9.69 Å². The molecule has 2 aromatic carbocycles. The SMILES string of the molecule is C=CC(=O)N1c2cc(C)c(C)cc2/C(=C2/SC(C(=O)OCC)=C(c3ccccc3)S2)C(=S)C1(C)C. The van der Waals surface area contributed by atoms with Crippen molar-refractivity contribution in [3.8, 4) is 0 Å². The highest BCUT2D eigenvalue weighted by Crippen LogP contribution is 2.58. The fraction of sp³-hybridized carbons (Fsp3) is 0.250. The summed E-state index contributed by atoms with van der Waals surface area (Å²) in [5.41, 5.74) is 4.95. The Kier molecular flexibility index (Phi) is 7.13. The van der Waals surface area contributed by atoms with Gasteiger partial charge in [0, 0.05) is 16.0 Å². The van der Waals surface area contributed by atoms with Crippen LogP contribution in [0.2, 0.25) is 0 Å². The molecule has 0 fully saturated rings. The van der Waals surface area contributed by atoms with Crippen LogP contribution < -0.4 is 4.90 Å². The lowest BCUT2D eigenvalue weighted by Gasteiger charge is -2.45. The highest BCUT2D eigenvalue weighted by atomic mass is 32.2. The summed E-state index contributed by atoms with van der Waals surface area (Å²) in [6, 6.07) is 14.0. The minimum absolute atomic E-state index is 0.201. The first-order valence-electron chi connectivity index (χ1n) is 11.3. The van der Waals surface area contributed by atoms with Crippen molar-refractivity contribution < 1.29 is 14.3 Å². The van der Waals surface area contributed by atoms with E-state index in [4.69, 9.17) is 17.0 Å². The summed E-state index contributed by atoms with van der Waals surface area (Å²) in [4.78, 5) is 29.8. The number of aryl methyl sites for hydroxylation is 2. The van der Waals surface area contributed by atoms with Gasteiger partial charge in [-0.25, -0.2) is 4.79 Å². The Morgan fingerprint density at radius 1 is 1.11 bits per heavy atom. The number of carbonyl (C=O) groups excluding carboxylic acids is 2. The largest absolute Gasteiger partial charge is 0.462 e. The predicted molar refractivity (Wildman–Crippen MR) is 152 cm³/mol. The zero-order valence-corrected chi connectivity index (χ0v) is 22.9.